The van der Waals surface area contributed by atoms with Gasteiger partial charge in [-0.05, 0) is 31.4 Å². The van der Waals surface area contributed by atoms with Gasteiger partial charge in [0.1, 0.15) is 0 Å². The Kier molecular flexibility index (Phi) is 6.06. The average molecular weight is 450 g/mol. The van der Waals surface area contributed by atoms with Crippen molar-refractivity contribution in [2.24, 2.45) is 5.73 Å². The number of piperidine rings is 1. The topological polar surface area (TPSA) is 114 Å². The summed E-state index contributed by atoms with van der Waals surface area (Å²) in [6.45, 7) is 2.68. The Morgan fingerprint density at radius 3 is 2.63 bits per heavy atom. The molecule has 2 aromatic rings. The van der Waals surface area contributed by atoms with Crippen LogP contribution in [0.5, 0.6) is 0 Å². The van der Waals surface area contributed by atoms with E-state index in [0.29, 0.717) is 42.1 Å². The Bertz CT molecular complexity index is 939. The number of amides is 2. The first-order valence-corrected chi connectivity index (χ1v) is 10.8. The lowest BCUT2D eigenvalue weighted by Gasteiger charge is -2.32. The first-order chi connectivity index (χ1) is 14.4. The van der Waals surface area contributed by atoms with Crippen molar-refractivity contribution in [2.45, 2.75) is 31.2 Å². The van der Waals surface area contributed by atoms with Gasteiger partial charge in [0.05, 0.1) is 15.7 Å². The number of guanidine groups is 1. The molecule has 0 unspecified atom stereocenters. The number of aromatic amines is 1. The summed E-state index contributed by atoms with van der Waals surface area (Å²) in [4.78, 5) is 16.2. The van der Waals surface area contributed by atoms with Crippen LogP contribution in [0, 0.1) is 5.41 Å². The molecule has 5 N–H and O–H groups in total. The minimum Gasteiger partial charge on any atom is -0.370 e. The lowest BCUT2D eigenvalue weighted by molar-refractivity contribution is 0.177. The number of hydrogen-bond donors (Lipinski definition) is 4. The molecule has 3 heterocycles. The second-order valence-corrected chi connectivity index (χ2v) is 8.62. The fraction of sp³-hybridized carbons (Fsp3) is 0.450. The zero-order valence-corrected chi connectivity index (χ0v) is 18.0. The van der Waals surface area contributed by atoms with Crippen molar-refractivity contribution >= 4 is 35.2 Å². The van der Waals surface area contributed by atoms with Gasteiger partial charge in [0, 0.05) is 49.4 Å². The number of rotatable bonds is 3. The fourth-order valence-electron chi connectivity index (χ4n) is 4.14. The Balaban J connectivity index is 1.32. The third-order valence-corrected chi connectivity index (χ3v) is 6.72. The minimum absolute atomic E-state index is 0.0386. The minimum atomic E-state index is -0.0418. The average Bonchev–Trinajstić information content (AvgIpc) is 3.40. The van der Waals surface area contributed by atoms with Crippen molar-refractivity contribution in [1.82, 2.24) is 25.3 Å². The van der Waals surface area contributed by atoms with Crippen molar-refractivity contribution < 1.29 is 4.79 Å². The largest absolute Gasteiger partial charge is 0.370 e. The highest BCUT2D eigenvalue weighted by atomic mass is 35.5. The zero-order chi connectivity index (χ0) is 21.3. The summed E-state index contributed by atoms with van der Waals surface area (Å²) >= 11 is 12.4. The summed E-state index contributed by atoms with van der Waals surface area (Å²) in [7, 11) is 0. The smallest absolute Gasteiger partial charge is 0.317 e. The maximum Gasteiger partial charge on any atom is 0.317 e. The third-order valence-electron chi connectivity index (χ3n) is 5.90. The third kappa shape index (κ3) is 4.34. The number of carbonyl (C=O) groups excluding carboxylic acids is 1. The molecule has 1 atom stereocenters. The molecular formula is C20H25Cl2N7O. The van der Waals surface area contributed by atoms with E-state index < -0.39 is 0 Å². The van der Waals surface area contributed by atoms with E-state index in [1.807, 2.05) is 23.1 Å². The van der Waals surface area contributed by atoms with Crippen LogP contribution in [-0.4, -0.2) is 64.2 Å². The monoisotopic (exact) mass is 449 g/mol. The first-order valence-electron chi connectivity index (χ1n) is 10.1. The van der Waals surface area contributed by atoms with E-state index in [9.17, 15) is 4.79 Å². The zero-order valence-electron chi connectivity index (χ0n) is 16.5. The van der Waals surface area contributed by atoms with Gasteiger partial charge in [-0.3, -0.25) is 10.5 Å². The van der Waals surface area contributed by atoms with Crippen molar-refractivity contribution in [3.63, 3.8) is 0 Å². The number of urea groups is 1. The molecule has 1 aromatic heterocycles. The molecule has 30 heavy (non-hydrogen) atoms. The molecule has 10 heteroatoms. The SMILES string of the molecule is N=C(N)N1CC[C@H](NC(=O)N2CCC(c3cc(-c4cccc(Cl)c4Cl)n[nH]3)CC2)C1. The maximum absolute atomic E-state index is 12.6. The molecule has 4 rings (SSSR count). The molecule has 0 bridgehead atoms. The predicted octanol–water partition coefficient (Wildman–Crippen LogP) is 3.24. The van der Waals surface area contributed by atoms with Crippen LogP contribution in [0.3, 0.4) is 0 Å². The van der Waals surface area contributed by atoms with Gasteiger partial charge in [-0.2, -0.15) is 5.10 Å². The molecular weight excluding hydrogens is 425 g/mol. The molecule has 0 radical (unpaired) electrons. The number of likely N-dealkylation sites (tertiary alicyclic amines) is 2. The number of hydrogen-bond acceptors (Lipinski definition) is 3. The summed E-state index contributed by atoms with van der Waals surface area (Å²) in [6, 6.07) is 7.53. The molecule has 2 saturated heterocycles. The summed E-state index contributed by atoms with van der Waals surface area (Å²) in [5, 5.41) is 19.1. The highest BCUT2D eigenvalue weighted by Crippen LogP contribution is 2.35. The van der Waals surface area contributed by atoms with Crippen LogP contribution in [0.15, 0.2) is 24.3 Å². The summed E-state index contributed by atoms with van der Waals surface area (Å²) in [5.74, 6) is 0.374. The lowest BCUT2D eigenvalue weighted by atomic mass is 9.93. The molecule has 8 nitrogen and oxygen atoms in total. The van der Waals surface area contributed by atoms with Gasteiger partial charge in [0.15, 0.2) is 5.96 Å². The summed E-state index contributed by atoms with van der Waals surface area (Å²) in [5.41, 5.74) is 8.15. The van der Waals surface area contributed by atoms with E-state index in [1.165, 1.54) is 0 Å². The number of carbonyl (C=O) groups is 1. The van der Waals surface area contributed by atoms with Crippen molar-refractivity contribution in [1.29, 1.82) is 5.41 Å². The molecule has 2 fully saturated rings. The maximum atomic E-state index is 12.6. The summed E-state index contributed by atoms with van der Waals surface area (Å²) in [6.07, 6.45) is 2.54. The van der Waals surface area contributed by atoms with Gasteiger partial charge < -0.3 is 20.9 Å². The van der Waals surface area contributed by atoms with Crippen molar-refractivity contribution in [2.75, 3.05) is 26.2 Å². The Hall–Kier alpha value is -2.45. The van der Waals surface area contributed by atoms with Crippen LogP contribution < -0.4 is 11.1 Å². The molecule has 160 valence electrons. The second kappa shape index (κ2) is 8.73. The Morgan fingerprint density at radius 1 is 1.20 bits per heavy atom. The van der Waals surface area contributed by atoms with Gasteiger partial charge in [0.2, 0.25) is 0 Å². The highest BCUT2D eigenvalue weighted by molar-refractivity contribution is 6.43. The number of H-pyrrole nitrogens is 1. The van der Waals surface area contributed by atoms with Crippen LogP contribution in [0.1, 0.15) is 30.9 Å². The number of nitrogens with one attached hydrogen (secondary N) is 3. The van der Waals surface area contributed by atoms with E-state index >= 15 is 0 Å². The molecule has 0 saturated carbocycles. The van der Waals surface area contributed by atoms with E-state index in [2.05, 4.69) is 15.5 Å². The van der Waals surface area contributed by atoms with Crippen LogP contribution in [0.2, 0.25) is 10.0 Å². The van der Waals surface area contributed by atoms with Gasteiger partial charge in [-0.1, -0.05) is 35.3 Å². The number of benzene rings is 1. The van der Waals surface area contributed by atoms with Gasteiger partial charge in [-0.25, -0.2) is 4.79 Å². The fourth-order valence-corrected chi connectivity index (χ4v) is 4.54. The van der Waals surface area contributed by atoms with E-state index in [4.69, 9.17) is 34.3 Å². The molecule has 2 aliphatic rings. The van der Waals surface area contributed by atoms with Gasteiger partial charge in [0.25, 0.3) is 0 Å². The van der Waals surface area contributed by atoms with E-state index in [-0.39, 0.29) is 18.0 Å². The number of nitrogens with zero attached hydrogens (tertiary/aromatic N) is 3. The van der Waals surface area contributed by atoms with Crippen LogP contribution in [0.4, 0.5) is 4.79 Å². The van der Waals surface area contributed by atoms with Crippen LogP contribution in [-0.2, 0) is 0 Å². The molecule has 2 aliphatic heterocycles. The molecule has 0 spiro atoms. The number of halogens is 2. The Labute approximate surface area is 185 Å². The van der Waals surface area contributed by atoms with Gasteiger partial charge in [-0.15, -0.1) is 0 Å². The normalized spacial score (nSPS) is 19.9. The van der Waals surface area contributed by atoms with Gasteiger partial charge >= 0.3 is 6.03 Å². The predicted molar refractivity (Wildman–Crippen MR) is 118 cm³/mol. The molecule has 1 aromatic carbocycles. The van der Waals surface area contributed by atoms with Crippen molar-refractivity contribution in [3.05, 3.63) is 40.0 Å². The standard InChI is InChI=1S/C20H25Cl2N7O/c21-15-3-1-2-14(18(15)22)17-10-16(26-27-17)12-4-7-28(8-5-12)20(30)25-13-6-9-29(11-13)19(23)24/h1-3,10,12-13H,4-9,11H2,(H3,23,24)(H,25,30)(H,26,27)/t13-/m0/s1. The Morgan fingerprint density at radius 2 is 1.93 bits per heavy atom. The van der Waals surface area contributed by atoms with Crippen LogP contribution >= 0.6 is 23.2 Å². The molecule has 2 amide bonds. The van der Waals surface area contributed by atoms with Crippen molar-refractivity contribution in [3.8, 4) is 11.3 Å². The van der Waals surface area contributed by atoms with E-state index in [1.54, 1.807) is 11.0 Å². The number of nitrogens with two attached hydrogens (primary N) is 1. The van der Waals surface area contributed by atoms with E-state index in [0.717, 1.165) is 36.2 Å². The number of aromatic nitrogens is 2. The second-order valence-electron chi connectivity index (χ2n) is 7.84. The quantitative estimate of drug-likeness (QED) is 0.425. The van der Waals surface area contributed by atoms with Crippen LogP contribution in [0.25, 0.3) is 11.3 Å². The summed E-state index contributed by atoms with van der Waals surface area (Å²) < 4.78 is 0. The highest BCUT2D eigenvalue weighted by Gasteiger charge is 2.29. The first kappa shape index (κ1) is 20.8. The molecule has 0 aliphatic carbocycles. The lowest BCUT2D eigenvalue weighted by Crippen LogP contribution is -2.48.